The molecule has 0 fully saturated rings. The molecule has 6 nitrogen and oxygen atoms in total. The van der Waals surface area contributed by atoms with E-state index in [-0.39, 0.29) is 5.91 Å². The molecular weight excluding hydrogens is 290 g/mol. The number of nitrogens with zero attached hydrogens (tertiary/aromatic N) is 3. The molecule has 0 saturated heterocycles. The van der Waals surface area contributed by atoms with Gasteiger partial charge in [-0.3, -0.25) is 9.89 Å². The lowest BCUT2D eigenvalue weighted by atomic mass is 10.2. The Morgan fingerprint density at radius 1 is 1.04 bits per heavy atom. The van der Waals surface area contributed by atoms with Gasteiger partial charge in [-0.1, -0.05) is 18.2 Å². The van der Waals surface area contributed by atoms with Crippen LogP contribution in [0.15, 0.2) is 67.3 Å². The minimum atomic E-state index is -0.232. The van der Waals surface area contributed by atoms with Crippen LogP contribution in [0.1, 0.15) is 10.5 Å². The third-order valence-corrected chi connectivity index (χ3v) is 3.55. The summed E-state index contributed by atoms with van der Waals surface area (Å²) < 4.78 is 1.84. The number of para-hydroxylation sites is 1. The number of hydrogen-bond acceptors (Lipinski definition) is 3. The number of H-pyrrole nitrogens is 1. The zero-order valence-electron chi connectivity index (χ0n) is 12.1. The van der Waals surface area contributed by atoms with Crippen LogP contribution in [0.4, 0.5) is 5.69 Å². The highest BCUT2D eigenvalue weighted by Crippen LogP contribution is 2.19. The van der Waals surface area contributed by atoms with Crippen LogP contribution in [-0.4, -0.2) is 25.5 Å². The maximum atomic E-state index is 12.3. The molecule has 4 rings (SSSR count). The molecule has 0 aliphatic carbocycles. The third kappa shape index (κ3) is 2.57. The quantitative estimate of drug-likeness (QED) is 0.611. The van der Waals surface area contributed by atoms with Crippen LogP contribution in [-0.2, 0) is 0 Å². The summed E-state index contributed by atoms with van der Waals surface area (Å²) in [6.45, 7) is 0. The summed E-state index contributed by atoms with van der Waals surface area (Å²) >= 11 is 0. The van der Waals surface area contributed by atoms with Crippen molar-refractivity contribution in [1.29, 1.82) is 0 Å². The van der Waals surface area contributed by atoms with Crippen molar-refractivity contribution in [2.75, 3.05) is 5.32 Å². The third-order valence-electron chi connectivity index (χ3n) is 3.55. The Morgan fingerprint density at radius 3 is 2.70 bits per heavy atom. The first kappa shape index (κ1) is 13.3. The fourth-order valence-electron chi connectivity index (χ4n) is 2.40. The topological polar surface area (TPSA) is 75.1 Å². The van der Waals surface area contributed by atoms with Crippen LogP contribution in [0.5, 0.6) is 0 Å². The number of carbonyl (C=O) groups excluding carboxylic acids is 1. The van der Waals surface area contributed by atoms with Crippen LogP contribution >= 0.6 is 0 Å². The van der Waals surface area contributed by atoms with Crippen molar-refractivity contribution in [3.8, 4) is 11.1 Å². The summed E-state index contributed by atoms with van der Waals surface area (Å²) in [7, 11) is 0. The number of amides is 1. The molecule has 0 aliphatic rings. The molecule has 0 spiro atoms. The van der Waals surface area contributed by atoms with Crippen molar-refractivity contribution in [3.05, 3.63) is 72.9 Å². The summed E-state index contributed by atoms with van der Waals surface area (Å²) in [5.74, 6) is -0.232. The van der Waals surface area contributed by atoms with E-state index < -0.39 is 0 Å². The van der Waals surface area contributed by atoms with Gasteiger partial charge in [0.15, 0.2) is 0 Å². The number of imidazole rings is 1. The molecule has 3 aromatic heterocycles. The van der Waals surface area contributed by atoms with Crippen LogP contribution in [0.2, 0.25) is 0 Å². The number of benzene rings is 1. The molecule has 3 heterocycles. The maximum Gasteiger partial charge on any atom is 0.275 e. The van der Waals surface area contributed by atoms with Gasteiger partial charge >= 0.3 is 0 Å². The van der Waals surface area contributed by atoms with E-state index in [1.807, 2.05) is 59.3 Å². The van der Waals surface area contributed by atoms with Gasteiger partial charge in [0.2, 0.25) is 0 Å². The zero-order valence-corrected chi connectivity index (χ0v) is 12.1. The van der Waals surface area contributed by atoms with Crippen molar-refractivity contribution < 1.29 is 4.79 Å². The lowest BCUT2D eigenvalue weighted by Crippen LogP contribution is -2.11. The molecule has 0 saturated carbocycles. The number of anilines is 1. The Hall–Kier alpha value is -3.41. The molecule has 0 atom stereocenters. The van der Waals surface area contributed by atoms with Crippen molar-refractivity contribution in [2.45, 2.75) is 0 Å². The second-order valence-corrected chi connectivity index (χ2v) is 5.12. The summed E-state index contributed by atoms with van der Waals surface area (Å²) in [6, 6.07) is 13.1. The minimum absolute atomic E-state index is 0.232. The van der Waals surface area contributed by atoms with Crippen LogP contribution < -0.4 is 5.32 Å². The monoisotopic (exact) mass is 303 g/mol. The summed E-state index contributed by atoms with van der Waals surface area (Å²) in [6.07, 6.45) is 7.21. The second-order valence-electron chi connectivity index (χ2n) is 5.12. The highest BCUT2D eigenvalue weighted by atomic mass is 16.1. The highest BCUT2D eigenvalue weighted by Gasteiger charge is 2.11. The first-order valence-corrected chi connectivity index (χ1v) is 7.14. The Bertz CT molecular complexity index is 957. The number of aromatic nitrogens is 4. The molecule has 0 unspecified atom stereocenters. The number of carbonyl (C=O) groups is 1. The fourth-order valence-corrected chi connectivity index (χ4v) is 2.40. The fraction of sp³-hybridized carbons (Fsp3) is 0. The lowest BCUT2D eigenvalue weighted by molar-refractivity contribution is 0.102. The number of rotatable bonds is 3. The number of nitrogens with one attached hydrogen (secondary N) is 2. The van der Waals surface area contributed by atoms with E-state index in [4.69, 9.17) is 0 Å². The van der Waals surface area contributed by atoms with Gasteiger partial charge in [0, 0.05) is 35.4 Å². The summed E-state index contributed by atoms with van der Waals surface area (Å²) in [5.41, 5.74) is 3.82. The second kappa shape index (κ2) is 5.42. The predicted octanol–water partition coefficient (Wildman–Crippen LogP) is 2.98. The van der Waals surface area contributed by atoms with Gasteiger partial charge < -0.3 is 9.72 Å². The molecule has 112 valence electrons. The van der Waals surface area contributed by atoms with Gasteiger partial charge in [-0.25, -0.2) is 4.98 Å². The Balaban J connectivity index is 1.65. The standard InChI is InChI=1S/C17H13N5O/c23-17(20-14-4-2-1-3-5-14)15-11-22-10-12(6-7-16(22)21-15)13-8-18-19-9-13/h1-11H,(H,18,19)(H,20,23). The van der Waals surface area contributed by atoms with Gasteiger partial charge in [-0.2, -0.15) is 5.10 Å². The Labute approximate surface area is 131 Å². The number of aromatic amines is 1. The summed E-state index contributed by atoms with van der Waals surface area (Å²) in [5, 5.41) is 9.56. The first-order valence-electron chi connectivity index (χ1n) is 7.14. The molecule has 2 N–H and O–H groups in total. The molecule has 0 radical (unpaired) electrons. The van der Waals surface area contributed by atoms with E-state index in [2.05, 4.69) is 20.5 Å². The van der Waals surface area contributed by atoms with Gasteiger partial charge in [0.25, 0.3) is 5.91 Å². The van der Waals surface area contributed by atoms with Crippen LogP contribution in [0.3, 0.4) is 0 Å². The molecule has 1 aromatic carbocycles. The normalized spacial score (nSPS) is 10.8. The van der Waals surface area contributed by atoms with E-state index in [1.165, 1.54) is 0 Å². The SMILES string of the molecule is O=C(Nc1ccccc1)c1cn2cc(-c3cn[nH]c3)ccc2n1. The molecule has 4 aromatic rings. The predicted molar refractivity (Wildman–Crippen MR) is 87.2 cm³/mol. The lowest BCUT2D eigenvalue weighted by Gasteiger charge is -2.01. The Morgan fingerprint density at radius 2 is 1.91 bits per heavy atom. The molecule has 1 amide bonds. The average molecular weight is 303 g/mol. The molecule has 23 heavy (non-hydrogen) atoms. The van der Waals surface area contributed by atoms with Crippen LogP contribution in [0, 0.1) is 0 Å². The summed E-state index contributed by atoms with van der Waals surface area (Å²) in [4.78, 5) is 16.7. The number of hydrogen-bond donors (Lipinski definition) is 2. The maximum absolute atomic E-state index is 12.3. The minimum Gasteiger partial charge on any atom is -0.321 e. The number of pyridine rings is 1. The van der Waals surface area contributed by atoms with Gasteiger partial charge in [-0.05, 0) is 24.3 Å². The van der Waals surface area contributed by atoms with E-state index in [9.17, 15) is 4.79 Å². The molecular formula is C17H13N5O. The first-order chi connectivity index (χ1) is 11.3. The molecule has 6 heteroatoms. The van der Waals surface area contributed by atoms with E-state index in [0.717, 1.165) is 22.5 Å². The van der Waals surface area contributed by atoms with Crippen molar-refractivity contribution >= 4 is 17.2 Å². The average Bonchev–Trinajstić information content (AvgIpc) is 3.24. The molecule has 0 aliphatic heterocycles. The van der Waals surface area contributed by atoms with E-state index in [1.54, 1.807) is 12.4 Å². The van der Waals surface area contributed by atoms with E-state index >= 15 is 0 Å². The smallest absolute Gasteiger partial charge is 0.275 e. The van der Waals surface area contributed by atoms with Crippen LogP contribution in [0.25, 0.3) is 16.8 Å². The van der Waals surface area contributed by atoms with Gasteiger partial charge in [-0.15, -0.1) is 0 Å². The van der Waals surface area contributed by atoms with Crippen molar-refractivity contribution in [2.24, 2.45) is 0 Å². The van der Waals surface area contributed by atoms with Crippen molar-refractivity contribution in [3.63, 3.8) is 0 Å². The largest absolute Gasteiger partial charge is 0.321 e. The zero-order chi connectivity index (χ0) is 15.6. The molecule has 0 bridgehead atoms. The highest BCUT2D eigenvalue weighted by molar-refractivity contribution is 6.03. The van der Waals surface area contributed by atoms with Gasteiger partial charge in [0.1, 0.15) is 11.3 Å². The Kier molecular flexibility index (Phi) is 3.12. The van der Waals surface area contributed by atoms with Crippen molar-refractivity contribution in [1.82, 2.24) is 19.6 Å². The van der Waals surface area contributed by atoms with Gasteiger partial charge in [0.05, 0.1) is 6.20 Å². The number of fused-ring (bicyclic) bond motifs is 1. The van der Waals surface area contributed by atoms with E-state index in [0.29, 0.717) is 5.69 Å².